The van der Waals surface area contributed by atoms with E-state index < -0.39 is 0 Å². The minimum atomic E-state index is 0.130. The van der Waals surface area contributed by atoms with E-state index in [-0.39, 0.29) is 5.91 Å². The maximum Gasteiger partial charge on any atom is 0.224 e. The fourth-order valence-electron chi connectivity index (χ4n) is 2.00. The minimum Gasteiger partial charge on any atom is -0.356 e. The lowest BCUT2D eigenvalue weighted by Gasteiger charge is -2.13. The number of rotatable bonds is 6. The average Bonchev–Trinajstić information content (AvgIpc) is 2.35. The van der Waals surface area contributed by atoms with Crippen LogP contribution in [-0.4, -0.2) is 12.5 Å². The van der Waals surface area contributed by atoms with Crippen LogP contribution in [0.25, 0.3) is 0 Å². The predicted molar refractivity (Wildman–Crippen MR) is 76.7 cm³/mol. The Morgan fingerprint density at radius 1 is 1.17 bits per heavy atom. The smallest absolute Gasteiger partial charge is 0.224 e. The van der Waals surface area contributed by atoms with Crippen LogP contribution in [-0.2, 0) is 11.2 Å². The monoisotopic (exact) mass is 247 g/mol. The summed E-state index contributed by atoms with van der Waals surface area (Å²) < 4.78 is 0. The first-order chi connectivity index (χ1) is 8.56. The molecule has 1 amide bonds. The lowest BCUT2D eigenvalue weighted by atomic mass is 10.0. The van der Waals surface area contributed by atoms with Crippen molar-refractivity contribution >= 4 is 5.91 Å². The number of hydrogen-bond acceptors (Lipinski definition) is 1. The SMILES string of the molecule is CCC(CC)CNC(=O)Cc1ccc(C)c(C)c1. The van der Waals surface area contributed by atoms with Gasteiger partial charge in [-0.05, 0) is 36.5 Å². The van der Waals surface area contributed by atoms with Gasteiger partial charge in [-0.25, -0.2) is 0 Å². The van der Waals surface area contributed by atoms with Gasteiger partial charge in [0.15, 0.2) is 0 Å². The van der Waals surface area contributed by atoms with Gasteiger partial charge in [-0.2, -0.15) is 0 Å². The van der Waals surface area contributed by atoms with Gasteiger partial charge in [0.25, 0.3) is 0 Å². The Bertz CT molecular complexity index is 394. The summed E-state index contributed by atoms with van der Waals surface area (Å²) in [4.78, 5) is 11.8. The summed E-state index contributed by atoms with van der Waals surface area (Å²) in [6.45, 7) is 9.32. The van der Waals surface area contributed by atoms with Crippen LogP contribution >= 0.6 is 0 Å². The topological polar surface area (TPSA) is 29.1 Å². The van der Waals surface area contributed by atoms with Gasteiger partial charge in [-0.15, -0.1) is 0 Å². The summed E-state index contributed by atoms with van der Waals surface area (Å²) in [5.41, 5.74) is 3.62. The van der Waals surface area contributed by atoms with Crippen molar-refractivity contribution in [2.45, 2.75) is 47.0 Å². The van der Waals surface area contributed by atoms with E-state index in [1.54, 1.807) is 0 Å². The van der Waals surface area contributed by atoms with Crippen LogP contribution < -0.4 is 5.32 Å². The Hall–Kier alpha value is -1.31. The predicted octanol–water partition coefficient (Wildman–Crippen LogP) is 3.40. The minimum absolute atomic E-state index is 0.130. The van der Waals surface area contributed by atoms with Gasteiger partial charge >= 0.3 is 0 Å². The zero-order valence-corrected chi connectivity index (χ0v) is 12.0. The molecule has 1 aromatic rings. The quantitative estimate of drug-likeness (QED) is 0.820. The normalized spacial score (nSPS) is 10.7. The molecule has 0 saturated heterocycles. The van der Waals surface area contributed by atoms with Crippen molar-refractivity contribution in [2.24, 2.45) is 5.92 Å². The lowest BCUT2D eigenvalue weighted by molar-refractivity contribution is -0.120. The van der Waals surface area contributed by atoms with E-state index in [4.69, 9.17) is 0 Å². The van der Waals surface area contributed by atoms with E-state index in [2.05, 4.69) is 45.1 Å². The van der Waals surface area contributed by atoms with Crippen molar-refractivity contribution in [1.82, 2.24) is 5.32 Å². The molecule has 100 valence electrons. The number of aryl methyl sites for hydroxylation is 2. The molecule has 0 radical (unpaired) electrons. The third kappa shape index (κ3) is 4.52. The molecule has 0 unspecified atom stereocenters. The third-order valence-electron chi connectivity index (χ3n) is 3.68. The maximum absolute atomic E-state index is 11.8. The number of hydrogen-bond donors (Lipinski definition) is 1. The van der Waals surface area contributed by atoms with E-state index in [0.29, 0.717) is 12.3 Å². The number of nitrogens with one attached hydrogen (secondary N) is 1. The van der Waals surface area contributed by atoms with Gasteiger partial charge < -0.3 is 5.32 Å². The number of carbonyl (C=O) groups excluding carboxylic acids is 1. The van der Waals surface area contributed by atoms with Gasteiger partial charge in [-0.1, -0.05) is 44.9 Å². The molecule has 2 heteroatoms. The van der Waals surface area contributed by atoms with Crippen LogP contribution in [0.4, 0.5) is 0 Å². The van der Waals surface area contributed by atoms with Crippen LogP contribution in [0.3, 0.4) is 0 Å². The van der Waals surface area contributed by atoms with E-state index >= 15 is 0 Å². The van der Waals surface area contributed by atoms with Gasteiger partial charge in [0.05, 0.1) is 6.42 Å². The molecule has 0 aliphatic carbocycles. The van der Waals surface area contributed by atoms with Crippen molar-refractivity contribution in [3.63, 3.8) is 0 Å². The third-order valence-corrected chi connectivity index (χ3v) is 3.68. The molecule has 0 heterocycles. The summed E-state index contributed by atoms with van der Waals surface area (Å²) in [5.74, 6) is 0.735. The van der Waals surface area contributed by atoms with Crippen molar-refractivity contribution in [2.75, 3.05) is 6.54 Å². The number of benzene rings is 1. The van der Waals surface area contributed by atoms with Crippen molar-refractivity contribution in [3.8, 4) is 0 Å². The van der Waals surface area contributed by atoms with Crippen LogP contribution in [0, 0.1) is 19.8 Å². The second kappa shape index (κ2) is 7.20. The molecule has 0 bridgehead atoms. The molecule has 0 saturated carbocycles. The summed E-state index contributed by atoms with van der Waals surface area (Å²) in [6.07, 6.45) is 2.74. The first-order valence-corrected chi connectivity index (χ1v) is 6.89. The molecule has 1 aromatic carbocycles. The molecule has 0 fully saturated rings. The highest BCUT2D eigenvalue weighted by Crippen LogP contribution is 2.10. The summed E-state index contributed by atoms with van der Waals surface area (Å²) >= 11 is 0. The number of amides is 1. The maximum atomic E-state index is 11.8. The largest absolute Gasteiger partial charge is 0.356 e. The molecule has 1 rings (SSSR count). The van der Waals surface area contributed by atoms with Crippen LogP contribution in [0.15, 0.2) is 18.2 Å². The summed E-state index contributed by atoms with van der Waals surface area (Å²) in [7, 11) is 0. The zero-order chi connectivity index (χ0) is 13.5. The second-order valence-electron chi connectivity index (χ2n) is 5.08. The van der Waals surface area contributed by atoms with Gasteiger partial charge in [0.1, 0.15) is 0 Å². The molecule has 0 spiro atoms. The molecule has 0 aliphatic rings. The van der Waals surface area contributed by atoms with Gasteiger partial charge in [0.2, 0.25) is 5.91 Å². The van der Waals surface area contributed by atoms with Crippen molar-refractivity contribution < 1.29 is 4.79 Å². The van der Waals surface area contributed by atoms with Gasteiger partial charge in [-0.3, -0.25) is 4.79 Å². The zero-order valence-electron chi connectivity index (χ0n) is 12.0. The fourth-order valence-corrected chi connectivity index (χ4v) is 2.00. The van der Waals surface area contributed by atoms with Crippen molar-refractivity contribution in [1.29, 1.82) is 0 Å². The first-order valence-electron chi connectivity index (χ1n) is 6.89. The van der Waals surface area contributed by atoms with Crippen LogP contribution in [0.5, 0.6) is 0 Å². The molecular weight excluding hydrogens is 222 g/mol. The molecule has 0 aromatic heterocycles. The van der Waals surface area contributed by atoms with Crippen LogP contribution in [0.1, 0.15) is 43.4 Å². The molecule has 2 nitrogen and oxygen atoms in total. The van der Waals surface area contributed by atoms with E-state index in [1.165, 1.54) is 11.1 Å². The van der Waals surface area contributed by atoms with E-state index in [1.807, 2.05) is 6.07 Å². The lowest BCUT2D eigenvalue weighted by Crippen LogP contribution is -2.30. The Balaban J connectivity index is 2.46. The number of carbonyl (C=O) groups is 1. The average molecular weight is 247 g/mol. The molecular formula is C16H25NO. The Kier molecular flexibility index (Phi) is 5.90. The fraction of sp³-hybridized carbons (Fsp3) is 0.562. The van der Waals surface area contributed by atoms with E-state index in [0.717, 1.165) is 24.9 Å². The molecule has 0 atom stereocenters. The molecule has 0 aliphatic heterocycles. The highest BCUT2D eigenvalue weighted by atomic mass is 16.1. The Morgan fingerprint density at radius 2 is 1.83 bits per heavy atom. The van der Waals surface area contributed by atoms with E-state index in [9.17, 15) is 4.79 Å². The summed E-state index contributed by atoms with van der Waals surface area (Å²) in [6, 6.07) is 6.23. The Morgan fingerprint density at radius 3 is 2.39 bits per heavy atom. The highest BCUT2D eigenvalue weighted by Gasteiger charge is 2.07. The van der Waals surface area contributed by atoms with Crippen molar-refractivity contribution in [3.05, 3.63) is 34.9 Å². The van der Waals surface area contributed by atoms with Crippen LogP contribution in [0.2, 0.25) is 0 Å². The standard InChI is InChI=1S/C16H25NO/c1-5-14(6-2)11-17-16(18)10-15-8-7-12(3)13(4)9-15/h7-9,14H,5-6,10-11H2,1-4H3,(H,17,18). The summed E-state index contributed by atoms with van der Waals surface area (Å²) in [5, 5.41) is 3.03. The molecule has 18 heavy (non-hydrogen) atoms. The molecule has 1 N–H and O–H groups in total. The highest BCUT2D eigenvalue weighted by molar-refractivity contribution is 5.78. The van der Waals surface area contributed by atoms with Gasteiger partial charge in [0, 0.05) is 6.54 Å². The second-order valence-corrected chi connectivity index (χ2v) is 5.08. The Labute approximate surface area is 111 Å². The first kappa shape index (κ1) is 14.7.